The predicted molar refractivity (Wildman–Crippen MR) is 130 cm³/mol. The van der Waals surface area contributed by atoms with Crippen LogP contribution in [-0.4, -0.2) is 47.6 Å². The molecule has 10 heteroatoms. The van der Waals surface area contributed by atoms with Crippen LogP contribution in [0.4, 0.5) is 5.69 Å². The molecule has 0 fully saturated rings. The molecule has 0 bridgehead atoms. The summed E-state index contributed by atoms with van der Waals surface area (Å²) in [5.41, 5.74) is 3.24. The molecule has 0 aromatic heterocycles. The minimum Gasteiger partial charge on any atom is -0.493 e. The molecule has 3 rings (SSSR count). The maximum absolute atomic E-state index is 12.4. The number of hydrogen-bond donors (Lipinski definition) is 1. The fourth-order valence-electron chi connectivity index (χ4n) is 3.06. The largest absolute Gasteiger partial charge is 0.493 e. The highest BCUT2D eigenvalue weighted by molar-refractivity contribution is 7.92. The first-order valence-corrected chi connectivity index (χ1v) is 12.0. The molecule has 0 saturated carbocycles. The van der Waals surface area contributed by atoms with Gasteiger partial charge in [-0.3, -0.25) is 9.10 Å². The molecule has 0 atom stereocenters. The van der Waals surface area contributed by atoms with E-state index < -0.39 is 22.5 Å². The lowest BCUT2D eigenvalue weighted by molar-refractivity contribution is -0.119. The molecule has 178 valence electrons. The summed E-state index contributed by atoms with van der Waals surface area (Å²) in [6.45, 7) is -0.454. The first-order chi connectivity index (χ1) is 16.3. The van der Waals surface area contributed by atoms with E-state index in [1.165, 1.54) is 20.4 Å². The summed E-state index contributed by atoms with van der Waals surface area (Å²) in [7, 11) is -0.730. The van der Waals surface area contributed by atoms with Crippen LogP contribution in [0.25, 0.3) is 0 Å². The molecule has 3 aromatic carbocycles. The number of para-hydroxylation sites is 2. The minimum atomic E-state index is -3.74. The van der Waals surface area contributed by atoms with Crippen molar-refractivity contribution in [1.82, 2.24) is 5.43 Å². The summed E-state index contributed by atoms with van der Waals surface area (Å²) in [6, 6.07) is 20.8. The van der Waals surface area contributed by atoms with E-state index in [4.69, 9.17) is 14.2 Å². The summed E-state index contributed by atoms with van der Waals surface area (Å²) in [5, 5.41) is 3.91. The van der Waals surface area contributed by atoms with Gasteiger partial charge in [0.05, 0.1) is 32.4 Å². The highest BCUT2D eigenvalue weighted by Crippen LogP contribution is 2.29. The Labute approximate surface area is 198 Å². The number of ether oxygens (including phenoxy) is 3. The number of nitrogens with zero attached hydrogens (tertiary/aromatic N) is 2. The molecule has 0 unspecified atom stereocenters. The number of rotatable bonds is 10. The van der Waals surface area contributed by atoms with Crippen LogP contribution >= 0.6 is 0 Å². The van der Waals surface area contributed by atoms with Crippen molar-refractivity contribution >= 4 is 27.8 Å². The lowest BCUT2D eigenvalue weighted by atomic mass is 10.2. The number of amides is 1. The predicted octanol–water partition coefficient (Wildman–Crippen LogP) is 3.41. The van der Waals surface area contributed by atoms with Gasteiger partial charge in [-0.2, -0.15) is 5.10 Å². The quantitative estimate of drug-likeness (QED) is 0.350. The van der Waals surface area contributed by atoms with Crippen molar-refractivity contribution in [2.45, 2.75) is 0 Å². The highest BCUT2D eigenvalue weighted by atomic mass is 32.2. The van der Waals surface area contributed by atoms with E-state index in [1.807, 2.05) is 30.3 Å². The molecule has 1 amide bonds. The van der Waals surface area contributed by atoms with Crippen LogP contribution in [0, 0.1) is 0 Å². The third-order valence-corrected chi connectivity index (χ3v) is 5.76. The summed E-state index contributed by atoms with van der Waals surface area (Å²) in [6.07, 6.45) is 2.42. The second-order valence-electron chi connectivity index (χ2n) is 7.05. The van der Waals surface area contributed by atoms with E-state index in [9.17, 15) is 13.2 Å². The van der Waals surface area contributed by atoms with Crippen molar-refractivity contribution < 1.29 is 27.4 Å². The van der Waals surface area contributed by atoms with Crippen LogP contribution in [0.1, 0.15) is 5.56 Å². The number of sulfonamides is 1. The Balaban J connectivity index is 1.69. The van der Waals surface area contributed by atoms with Crippen LogP contribution in [-0.2, 0) is 14.8 Å². The van der Waals surface area contributed by atoms with Crippen LogP contribution in [0.2, 0.25) is 0 Å². The topological polar surface area (TPSA) is 107 Å². The van der Waals surface area contributed by atoms with E-state index in [0.717, 1.165) is 10.6 Å². The van der Waals surface area contributed by atoms with E-state index in [2.05, 4.69) is 10.5 Å². The third kappa shape index (κ3) is 6.48. The molecular weight excluding hydrogens is 458 g/mol. The van der Waals surface area contributed by atoms with Gasteiger partial charge in [-0.05, 0) is 48.5 Å². The molecule has 1 N–H and O–H groups in total. The molecule has 9 nitrogen and oxygen atoms in total. The zero-order chi connectivity index (χ0) is 24.6. The Morgan fingerprint density at radius 1 is 0.941 bits per heavy atom. The van der Waals surface area contributed by atoms with E-state index in [1.54, 1.807) is 42.5 Å². The number of hydrogen-bond acceptors (Lipinski definition) is 7. The summed E-state index contributed by atoms with van der Waals surface area (Å²) in [4.78, 5) is 12.4. The summed E-state index contributed by atoms with van der Waals surface area (Å²) in [5.74, 6) is 1.54. The second-order valence-corrected chi connectivity index (χ2v) is 8.96. The molecule has 0 saturated heterocycles. The average Bonchev–Trinajstić information content (AvgIpc) is 2.83. The van der Waals surface area contributed by atoms with Gasteiger partial charge in [0.15, 0.2) is 11.5 Å². The van der Waals surface area contributed by atoms with Crippen LogP contribution in [0.3, 0.4) is 0 Å². The van der Waals surface area contributed by atoms with E-state index >= 15 is 0 Å². The van der Waals surface area contributed by atoms with Crippen molar-refractivity contribution in [2.75, 3.05) is 31.3 Å². The summed E-state index contributed by atoms with van der Waals surface area (Å²) >= 11 is 0. The summed E-state index contributed by atoms with van der Waals surface area (Å²) < 4.78 is 41.9. The Bertz CT molecular complexity index is 1250. The molecule has 34 heavy (non-hydrogen) atoms. The standard InChI is InChI=1S/C24H25N3O6S/c1-31-22-11-7-8-18(24(22)32-2)16-25-26-23(28)17-27(34(3,29)30)19-12-14-21(15-13-19)33-20-9-5-4-6-10-20/h4-16H,17H2,1-3H3,(H,26,28)/b25-16+. The fraction of sp³-hybridized carbons (Fsp3) is 0.167. The molecule has 0 spiro atoms. The van der Waals surface area contributed by atoms with Crippen LogP contribution in [0.5, 0.6) is 23.0 Å². The van der Waals surface area contributed by atoms with Crippen molar-refractivity contribution in [3.05, 3.63) is 78.4 Å². The molecule has 0 aliphatic carbocycles. The van der Waals surface area contributed by atoms with Crippen molar-refractivity contribution in [1.29, 1.82) is 0 Å². The van der Waals surface area contributed by atoms with Gasteiger partial charge in [0, 0.05) is 5.56 Å². The SMILES string of the molecule is COc1cccc(/C=N/NC(=O)CN(c2ccc(Oc3ccccc3)cc2)S(C)(=O)=O)c1OC. The molecular formula is C24H25N3O6S. The minimum absolute atomic E-state index is 0.316. The number of benzene rings is 3. The van der Waals surface area contributed by atoms with Gasteiger partial charge >= 0.3 is 0 Å². The van der Waals surface area contributed by atoms with Crippen molar-refractivity contribution in [3.8, 4) is 23.0 Å². The number of carbonyl (C=O) groups excluding carboxylic acids is 1. The Morgan fingerprint density at radius 2 is 1.62 bits per heavy atom. The number of carbonyl (C=O) groups is 1. The molecule has 0 radical (unpaired) electrons. The lowest BCUT2D eigenvalue weighted by Gasteiger charge is -2.21. The maximum Gasteiger partial charge on any atom is 0.260 e. The molecule has 0 aliphatic rings. The fourth-order valence-corrected chi connectivity index (χ4v) is 3.91. The molecule has 0 heterocycles. The Hall–Kier alpha value is -4.05. The number of hydrazone groups is 1. The van der Waals surface area contributed by atoms with Crippen LogP contribution in [0.15, 0.2) is 77.9 Å². The average molecular weight is 484 g/mol. The van der Waals surface area contributed by atoms with Crippen molar-refractivity contribution in [3.63, 3.8) is 0 Å². The first-order valence-electron chi connectivity index (χ1n) is 10.2. The Kier molecular flexibility index (Phi) is 8.10. The lowest BCUT2D eigenvalue weighted by Crippen LogP contribution is -2.39. The van der Waals surface area contributed by atoms with Gasteiger partial charge in [-0.15, -0.1) is 0 Å². The van der Waals surface area contributed by atoms with Gasteiger partial charge in [0.1, 0.15) is 18.0 Å². The maximum atomic E-state index is 12.4. The first kappa shape index (κ1) is 24.6. The van der Waals surface area contributed by atoms with Gasteiger partial charge in [0.25, 0.3) is 5.91 Å². The monoisotopic (exact) mass is 483 g/mol. The van der Waals surface area contributed by atoms with Crippen LogP contribution < -0.4 is 23.9 Å². The zero-order valence-corrected chi connectivity index (χ0v) is 19.8. The second kappa shape index (κ2) is 11.2. The molecule has 3 aromatic rings. The van der Waals surface area contributed by atoms with Crippen molar-refractivity contribution in [2.24, 2.45) is 5.10 Å². The van der Waals surface area contributed by atoms with Gasteiger partial charge in [-0.1, -0.05) is 24.3 Å². The molecule has 0 aliphatic heterocycles. The normalized spacial score (nSPS) is 11.1. The zero-order valence-electron chi connectivity index (χ0n) is 19.0. The van der Waals surface area contributed by atoms with E-state index in [-0.39, 0.29) is 0 Å². The van der Waals surface area contributed by atoms with Gasteiger partial charge < -0.3 is 14.2 Å². The van der Waals surface area contributed by atoms with E-state index in [0.29, 0.717) is 34.2 Å². The number of anilines is 1. The third-order valence-electron chi connectivity index (χ3n) is 4.62. The van der Waals surface area contributed by atoms with Gasteiger partial charge in [0.2, 0.25) is 10.0 Å². The number of methoxy groups -OCH3 is 2. The Morgan fingerprint density at radius 3 is 2.24 bits per heavy atom. The smallest absolute Gasteiger partial charge is 0.260 e. The highest BCUT2D eigenvalue weighted by Gasteiger charge is 2.21. The number of nitrogens with one attached hydrogen (secondary N) is 1. The van der Waals surface area contributed by atoms with Gasteiger partial charge in [-0.25, -0.2) is 13.8 Å².